The van der Waals surface area contributed by atoms with Crippen molar-refractivity contribution in [2.45, 2.75) is 25.3 Å². The first-order chi connectivity index (χ1) is 13.6. The van der Waals surface area contributed by atoms with E-state index < -0.39 is 35.0 Å². The molecule has 0 spiro atoms. The van der Waals surface area contributed by atoms with Crippen molar-refractivity contribution in [3.05, 3.63) is 65.8 Å². The van der Waals surface area contributed by atoms with Crippen LogP contribution in [-0.2, 0) is 26.1 Å². The Bertz CT molecular complexity index is 1030. The van der Waals surface area contributed by atoms with Gasteiger partial charge >= 0.3 is 5.97 Å². The molecule has 0 amide bonds. The number of carbonyl (C=O) groups is 2. The van der Waals surface area contributed by atoms with Gasteiger partial charge in [-0.2, -0.15) is 4.31 Å². The van der Waals surface area contributed by atoms with Crippen molar-refractivity contribution in [3.8, 4) is 0 Å². The van der Waals surface area contributed by atoms with Crippen LogP contribution in [0.2, 0.25) is 0 Å². The van der Waals surface area contributed by atoms with Crippen LogP contribution in [0, 0.1) is 19.7 Å². The number of Topliss-reactive ketones (excluding diaryl/α,β-unsaturated/α-hetero) is 1. The Morgan fingerprint density at radius 2 is 1.86 bits per heavy atom. The van der Waals surface area contributed by atoms with Crippen molar-refractivity contribution < 1.29 is 27.1 Å². The van der Waals surface area contributed by atoms with Gasteiger partial charge in [-0.1, -0.05) is 6.08 Å². The number of likely N-dealkylation sites (N-methyl/N-ethyl adjacent to an activating group) is 1. The highest BCUT2D eigenvalue weighted by atomic mass is 32.2. The highest BCUT2D eigenvalue weighted by molar-refractivity contribution is 7.89. The molecule has 0 bridgehead atoms. The zero-order chi connectivity index (χ0) is 21.8. The van der Waals surface area contributed by atoms with Gasteiger partial charge in [0.05, 0.1) is 4.90 Å². The molecule has 1 aromatic carbocycles. The number of nitrogens with zero attached hydrogens (tertiary/aromatic N) is 2. The van der Waals surface area contributed by atoms with Crippen LogP contribution in [-0.4, -0.2) is 49.2 Å². The first kappa shape index (κ1) is 22.5. The van der Waals surface area contributed by atoms with Gasteiger partial charge in [-0.3, -0.25) is 9.59 Å². The molecule has 0 unspecified atom stereocenters. The highest BCUT2D eigenvalue weighted by Crippen LogP contribution is 2.17. The second-order valence-electron chi connectivity index (χ2n) is 6.48. The first-order valence-electron chi connectivity index (χ1n) is 8.76. The summed E-state index contributed by atoms with van der Waals surface area (Å²) in [6.07, 6.45) is 1.71. The molecule has 0 saturated heterocycles. The summed E-state index contributed by atoms with van der Waals surface area (Å²) in [6, 6.07) is 5.95. The molecule has 9 heteroatoms. The molecule has 7 nitrogen and oxygen atoms in total. The third-order valence-corrected chi connectivity index (χ3v) is 6.24. The Balaban J connectivity index is 1.99. The number of allylic oxidation sites excluding steroid dienone is 1. The Hall–Kier alpha value is -2.78. The van der Waals surface area contributed by atoms with Crippen LogP contribution in [0.5, 0.6) is 0 Å². The van der Waals surface area contributed by atoms with E-state index >= 15 is 0 Å². The molecule has 156 valence electrons. The SMILES string of the molecule is C=CCn1c(C)cc(C(=O)COC(=O)CN(C)S(=O)(=O)c2ccc(F)cc2)c1C. The summed E-state index contributed by atoms with van der Waals surface area (Å²) in [5, 5.41) is 0. The monoisotopic (exact) mass is 422 g/mol. The molecule has 0 saturated carbocycles. The number of carbonyl (C=O) groups excluding carboxylic acids is 2. The molecular weight excluding hydrogens is 399 g/mol. The minimum atomic E-state index is -3.99. The predicted molar refractivity (Wildman–Crippen MR) is 106 cm³/mol. The molecular formula is C20H23FN2O5S. The molecule has 29 heavy (non-hydrogen) atoms. The van der Waals surface area contributed by atoms with Gasteiger partial charge in [0.2, 0.25) is 15.8 Å². The quantitative estimate of drug-likeness (QED) is 0.352. The largest absolute Gasteiger partial charge is 0.456 e. The van der Waals surface area contributed by atoms with E-state index in [9.17, 15) is 22.4 Å². The topological polar surface area (TPSA) is 85.7 Å². The third-order valence-electron chi connectivity index (χ3n) is 4.42. The molecule has 2 rings (SSSR count). The minimum Gasteiger partial charge on any atom is -0.456 e. The van der Waals surface area contributed by atoms with Gasteiger partial charge in [0.25, 0.3) is 0 Å². The van der Waals surface area contributed by atoms with Crippen molar-refractivity contribution >= 4 is 21.8 Å². The fraction of sp³-hybridized carbons (Fsp3) is 0.300. The van der Waals surface area contributed by atoms with Crippen LogP contribution in [0.15, 0.2) is 47.9 Å². The summed E-state index contributed by atoms with van der Waals surface area (Å²) >= 11 is 0. The van der Waals surface area contributed by atoms with E-state index in [0.717, 1.165) is 40.0 Å². The number of aromatic nitrogens is 1. The normalized spacial score (nSPS) is 11.5. The average Bonchev–Trinajstić information content (AvgIpc) is 2.95. The maximum Gasteiger partial charge on any atom is 0.321 e. The fourth-order valence-corrected chi connectivity index (χ4v) is 3.93. The van der Waals surface area contributed by atoms with E-state index in [1.165, 1.54) is 7.05 Å². The lowest BCUT2D eigenvalue weighted by molar-refractivity contribution is -0.142. The van der Waals surface area contributed by atoms with Crippen molar-refractivity contribution in [2.75, 3.05) is 20.2 Å². The summed E-state index contributed by atoms with van der Waals surface area (Å²) in [7, 11) is -2.79. The number of sulfonamides is 1. The van der Waals surface area contributed by atoms with Crippen molar-refractivity contribution in [1.29, 1.82) is 0 Å². The van der Waals surface area contributed by atoms with E-state index in [0.29, 0.717) is 12.1 Å². The zero-order valence-corrected chi connectivity index (χ0v) is 17.3. The molecule has 0 atom stereocenters. The van der Waals surface area contributed by atoms with Crippen molar-refractivity contribution in [1.82, 2.24) is 8.87 Å². The number of benzene rings is 1. The zero-order valence-electron chi connectivity index (χ0n) is 16.5. The number of aryl methyl sites for hydroxylation is 1. The van der Waals surface area contributed by atoms with Crippen molar-refractivity contribution in [3.63, 3.8) is 0 Å². The maximum absolute atomic E-state index is 13.0. The molecule has 1 aromatic heterocycles. The molecule has 0 aliphatic carbocycles. The second kappa shape index (κ2) is 9.15. The van der Waals surface area contributed by atoms with E-state index in [1.54, 1.807) is 19.1 Å². The smallest absolute Gasteiger partial charge is 0.321 e. The number of hydrogen-bond acceptors (Lipinski definition) is 5. The van der Waals surface area contributed by atoms with Gasteiger partial charge in [-0.05, 0) is 44.2 Å². The van der Waals surface area contributed by atoms with Gasteiger partial charge in [-0.15, -0.1) is 6.58 Å². The molecule has 0 fully saturated rings. The lowest BCUT2D eigenvalue weighted by atomic mass is 10.1. The summed E-state index contributed by atoms with van der Waals surface area (Å²) in [6.45, 7) is 6.79. The van der Waals surface area contributed by atoms with Crippen molar-refractivity contribution in [2.24, 2.45) is 0 Å². The summed E-state index contributed by atoms with van der Waals surface area (Å²) < 4.78 is 45.4. The molecule has 0 aliphatic heterocycles. The van der Waals surface area contributed by atoms with Crippen LogP contribution in [0.25, 0.3) is 0 Å². The van der Waals surface area contributed by atoms with Gasteiger partial charge < -0.3 is 9.30 Å². The maximum atomic E-state index is 13.0. The predicted octanol–water partition coefficient (Wildman–Crippen LogP) is 2.48. The summed E-state index contributed by atoms with van der Waals surface area (Å²) in [5.74, 6) is -1.82. The Morgan fingerprint density at radius 1 is 1.24 bits per heavy atom. The van der Waals surface area contributed by atoms with E-state index in [4.69, 9.17) is 4.74 Å². The van der Waals surface area contributed by atoms with Gasteiger partial charge in [-0.25, -0.2) is 12.8 Å². The standard InChI is InChI=1S/C20H23FN2O5S/c1-5-10-23-14(2)11-18(15(23)3)19(24)13-28-20(25)12-22(4)29(26,27)17-8-6-16(21)7-9-17/h5-9,11H,1,10,12-13H2,2-4H3. The summed E-state index contributed by atoms with van der Waals surface area (Å²) in [5.41, 5.74) is 2.05. The summed E-state index contributed by atoms with van der Waals surface area (Å²) in [4.78, 5) is 24.3. The van der Waals surface area contributed by atoms with E-state index in [2.05, 4.69) is 6.58 Å². The van der Waals surface area contributed by atoms with Gasteiger partial charge in [0.1, 0.15) is 12.4 Å². The second-order valence-corrected chi connectivity index (χ2v) is 8.53. The number of ketones is 1. The van der Waals surface area contributed by atoms with E-state index in [1.807, 2.05) is 11.5 Å². The number of ether oxygens (including phenoxy) is 1. The fourth-order valence-electron chi connectivity index (χ4n) is 2.82. The minimum absolute atomic E-state index is 0.153. The lowest BCUT2D eigenvalue weighted by Gasteiger charge is -2.16. The molecule has 0 N–H and O–H groups in total. The van der Waals surface area contributed by atoms with Crippen LogP contribution < -0.4 is 0 Å². The van der Waals surface area contributed by atoms with Gasteiger partial charge in [0, 0.05) is 30.5 Å². The number of hydrogen-bond donors (Lipinski definition) is 0. The van der Waals surface area contributed by atoms with E-state index in [-0.39, 0.29) is 10.7 Å². The highest BCUT2D eigenvalue weighted by Gasteiger charge is 2.24. The lowest BCUT2D eigenvalue weighted by Crippen LogP contribution is -2.33. The first-order valence-corrected chi connectivity index (χ1v) is 10.2. The molecule has 2 aromatic rings. The Kier molecular flexibility index (Phi) is 7.10. The van der Waals surface area contributed by atoms with Gasteiger partial charge in [0.15, 0.2) is 6.61 Å². The number of rotatable bonds is 9. The molecule has 0 radical (unpaired) electrons. The molecule has 0 aliphatic rings. The third kappa shape index (κ3) is 5.18. The van der Waals surface area contributed by atoms with Crippen LogP contribution in [0.4, 0.5) is 4.39 Å². The van der Waals surface area contributed by atoms with Crippen LogP contribution >= 0.6 is 0 Å². The average molecular weight is 422 g/mol. The van der Waals surface area contributed by atoms with Crippen LogP contribution in [0.1, 0.15) is 21.7 Å². The van der Waals surface area contributed by atoms with Crippen LogP contribution in [0.3, 0.4) is 0 Å². The molecule has 1 heterocycles. The Labute approximate surface area is 169 Å². The number of esters is 1. The number of halogens is 1. The Morgan fingerprint density at radius 3 is 2.45 bits per heavy atom.